The van der Waals surface area contributed by atoms with Crippen LogP contribution in [-0.4, -0.2) is 30.4 Å². The van der Waals surface area contributed by atoms with Crippen LogP contribution in [0.2, 0.25) is 0 Å². The fourth-order valence-corrected chi connectivity index (χ4v) is 2.96. The highest BCUT2D eigenvalue weighted by Gasteiger charge is 2.31. The Morgan fingerprint density at radius 3 is 2.85 bits per heavy atom. The lowest BCUT2D eigenvalue weighted by Crippen LogP contribution is -2.42. The minimum absolute atomic E-state index is 0.101. The molecule has 1 amide bonds. The van der Waals surface area contributed by atoms with E-state index in [2.05, 4.69) is 0 Å². The lowest BCUT2D eigenvalue weighted by molar-refractivity contribution is -0.131. The molecular formula is C15H20F2N2O. The first-order valence-corrected chi connectivity index (χ1v) is 6.93. The Balaban J connectivity index is 2.06. The zero-order valence-corrected chi connectivity index (χ0v) is 11.6. The zero-order chi connectivity index (χ0) is 14.7. The summed E-state index contributed by atoms with van der Waals surface area (Å²) in [4.78, 5) is 13.9. The van der Waals surface area contributed by atoms with Crippen LogP contribution >= 0.6 is 0 Å². The van der Waals surface area contributed by atoms with Crippen molar-refractivity contribution in [1.29, 1.82) is 0 Å². The number of halogens is 2. The monoisotopic (exact) mass is 282 g/mol. The van der Waals surface area contributed by atoms with Gasteiger partial charge in [0.25, 0.3) is 0 Å². The molecule has 0 radical (unpaired) electrons. The second-order valence-corrected chi connectivity index (χ2v) is 5.39. The number of carbonyl (C=O) groups excluding carboxylic acids is 1. The van der Waals surface area contributed by atoms with Gasteiger partial charge in [-0.05, 0) is 31.4 Å². The molecule has 2 atom stereocenters. The summed E-state index contributed by atoms with van der Waals surface area (Å²) in [6.07, 6.45) is 2.88. The smallest absolute Gasteiger partial charge is 0.227 e. The molecule has 1 aliphatic rings. The zero-order valence-electron chi connectivity index (χ0n) is 11.6. The molecule has 5 heteroatoms. The van der Waals surface area contributed by atoms with E-state index in [1.165, 1.54) is 12.1 Å². The van der Waals surface area contributed by atoms with Crippen molar-refractivity contribution in [2.45, 2.75) is 31.7 Å². The highest BCUT2D eigenvalue weighted by molar-refractivity contribution is 5.79. The average Bonchev–Trinajstić information content (AvgIpc) is 2.91. The van der Waals surface area contributed by atoms with Crippen LogP contribution in [-0.2, 0) is 11.2 Å². The van der Waals surface area contributed by atoms with Gasteiger partial charge in [0.1, 0.15) is 0 Å². The van der Waals surface area contributed by atoms with E-state index >= 15 is 0 Å². The fourth-order valence-electron chi connectivity index (χ4n) is 2.96. The van der Waals surface area contributed by atoms with E-state index in [0.29, 0.717) is 12.5 Å². The highest BCUT2D eigenvalue weighted by Crippen LogP contribution is 2.29. The summed E-state index contributed by atoms with van der Waals surface area (Å²) in [7, 11) is 1.72. The molecule has 0 bridgehead atoms. The van der Waals surface area contributed by atoms with Gasteiger partial charge in [-0.1, -0.05) is 18.6 Å². The van der Waals surface area contributed by atoms with E-state index in [1.54, 1.807) is 11.9 Å². The Kier molecular flexibility index (Phi) is 4.70. The molecule has 20 heavy (non-hydrogen) atoms. The third kappa shape index (κ3) is 2.98. The SMILES string of the molecule is CN(C(=O)Cc1cccc(F)c1F)C1CCCC1CN. The maximum absolute atomic E-state index is 13.6. The summed E-state index contributed by atoms with van der Waals surface area (Å²) in [5.74, 6) is -1.74. The van der Waals surface area contributed by atoms with Gasteiger partial charge in [-0.3, -0.25) is 4.79 Å². The van der Waals surface area contributed by atoms with E-state index in [4.69, 9.17) is 5.73 Å². The third-order valence-corrected chi connectivity index (χ3v) is 4.19. The van der Waals surface area contributed by atoms with Crippen molar-refractivity contribution < 1.29 is 13.6 Å². The van der Waals surface area contributed by atoms with E-state index in [1.807, 2.05) is 0 Å². The molecule has 0 heterocycles. The van der Waals surface area contributed by atoms with Crippen molar-refractivity contribution in [1.82, 2.24) is 4.90 Å². The first kappa shape index (κ1) is 14.9. The third-order valence-electron chi connectivity index (χ3n) is 4.19. The summed E-state index contributed by atoms with van der Waals surface area (Å²) in [6, 6.07) is 4.02. The van der Waals surface area contributed by atoms with Gasteiger partial charge in [0, 0.05) is 18.7 Å². The number of nitrogens with two attached hydrogens (primary N) is 1. The maximum Gasteiger partial charge on any atom is 0.227 e. The quantitative estimate of drug-likeness (QED) is 0.919. The standard InChI is InChI=1S/C15H20F2N2O/c1-19(13-7-3-5-11(13)9-18)14(20)8-10-4-2-6-12(16)15(10)17/h2,4,6,11,13H,3,5,7-9,18H2,1H3. The Bertz CT molecular complexity index is 493. The van der Waals surface area contributed by atoms with Crippen molar-refractivity contribution in [3.63, 3.8) is 0 Å². The lowest BCUT2D eigenvalue weighted by Gasteiger charge is -2.29. The molecule has 1 saturated carbocycles. The van der Waals surface area contributed by atoms with Gasteiger partial charge in [0.15, 0.2) is 11.6 Å². The number of hydrogen-bond acceptors (Lipinski definition) is 2. The summed E-state index contributed by atoms with van der Waals surface area (Å²) >= 11 is 0. The van der Waals surface area contributed by atoms with Crippen molar-refractivity contribution in [2.24, 2.45) is 11.7 Å². The molecule has 0 aromatic heterocycles. The lowest BCUT2D eigenvalue weighted by atomic mass is 10.0. The predicted octanol–water partition coefficient (Wildman–Crippen LogP) is 2.09. The van der Waals surface area contributed by atoms with Crippen LogP contribution < -0.4 is 5.73 Å². The highest BCUT2D eigenvalue weighted by atomic mass is 19.2. The van der Waals surface area contributed by atoms with Crippen LogP contribution in [0.15, 0.2) is 18.2 Å². The van der Waals surface area contributed by atoms with Crippen LogP contribution in [0.25, 0.3) is 0 Å². The van der Waals surface area contributed by atoms with E-state index in [-0.39, 0.29) is 23.9 Å². The van der Waals surface area contributed by atoms with Gasteiger partial charge in [-0.2, -0.15) is 0 Å². The van der Waals surface area contributed by atoms with Crippen molar-refractivity contribution in [3.05, 3.63) is 35.4 Å². The maximum atomic E-state index is 13.6. The van der Waals surface area contributed by atoms with Crippen LogP contribution in [0.1, 0.15) is 24.8 Å². The fraction of sp³-hybridized carbons (Fsp3) is 0.533. The molecule has 2 unspecified atom stereocenters. The molecule has 1 aromatic carbocycles. The molecule has 1 aliphatic carbocycles. The molecule has 2 rings (SSSR count). The number of amides is 1. The summed E-state index contributed by atoms with van der Waals surface area (Å²) in [5, 5.41) is 0. The molecule has 0 aliphatic heterocycles. The van der Waals surface area contributed by atoms with Crippen molar-refractivity contribution in [3.8, 4) is 0 Å². The van der Waals surface area contributed by atoms with Gasteiger partial charge >= 0.3 is 0 Å². The molecule has 1 aromatic rings. The molecule has 1 fully saturated rings. The molecule has 3 nitrogen and oxygen atoms in total. The predicted molar refractivity (Wildman–Crippen MR) is 73.0 cm³/mol. The van der Waals surface area contributed by atoms with Gasteiger partial charge in [0.05, 0.1) is 6.42 Å². The van der Waals surface area contributed by atoms with E-state index in [9.17, 15) is 13.6 Å². The number of carbonyl (C=O) groups is 1. The Morgan fingerprint density at radius 1 is 1.40 bits per heavy atom. The molecule has 0 saturated heterocycles. The minimum Gasteiger partial charge on any atom is -0.342 e. The minimum atomic E-state index is -0.934. The molecule has 0 spiro atoms. The number of likely N-dealkylation sites (N-methyl/N-ethyl adjacent to an activating group) is 1. The summed E-state index contributed by atoms with van der Waals surface area (Å²) in [6.45, 7) is 0.552. The number of nitrogens with zero attached hydrogens (tertiary/aromatic N) is 1. The number of benzene rings is 1. The van der Waals surface area contributed by atoms with Gasteiger partial charge < -0.3 is 10.6 Å². The second-order valence-electron chi connectivity index (χ2n) is 5.39. The van der Waals surface area contributed by atoms with Gasteiger partial charge in [-0.15, -0.1) is 0 Å². The van der Waals surface area contributed by atoms with Crippen LogP contribution in [0.5, 0.6) is 0 Å². The van der Waals surface area contributed by atoms with Crippen LogP contribution in [0.3, 0.4) is 0 Å². The van der Waals surface area contributed by atoms with Crippen LogP contribution in [0, 0.1) is 17.6 Å². The van der Waals surface area contributed by atoms with E-state index in [0.717, 1.165) is 25.3 Å². The number of rotatable bonds is 4. The Morgan fingerprint density at radius 2 is 2.15 bits per heavy atom. The first-order chi connectivity index (χ1) is 9.54. The largest absolute Gasteiger partial charge is 0.342 e. The Labute approximate surface area is 117 Å². The molecule has 110 valence electrons. The van der Waals surface area contributed by atoms with Crippen molar-refractivity contribution >= 4 is 5.91 Å². The molecule has 2 N–H and O–H groups in total. The van der Waals surface area contributed by atoms with Crippen LogP contribution in [0.4, 0.5) is 8.78 Å². The normalized spacial score (nSPS) is 22.0. The van der Waals surface area contributed by atoms with E-state index < -0.39 is 11.6 Å². The summed E-state index contributed by atoms with van der Waals surface area (Å²) < 4.78 is 26.7. The second kappa shape index (κ2) is 6.31. The van der Waals surface area contributed by atoms with Gasteiger partial charge in [-0.25, -0.2) is 8.78 Å². The van der Waals surface area contributed by atoms with Gasteiger partial charge in [0.2, 0.25) is 5.91 Å². The first-order valence-electron chi connectivity index (χ1n) is 6.93. The Hall–Kier alpha value is -1.49. The van der Waals surface area contributed by atoms with Crippen molar-refractivity contribution in [2.75, 3.05) is 13.6 Å². The average molecular weight is 282 g/mol. The topological polar surface area (TPSA) is 46.3 Å². The summed E-state index contributed by atoms with van der Waals surface area (Å²) in [5.41, 5.74) is 5.81. The molecular weight excluding hydrogens is 262 g/mol. The number of hydrogen-bond donors (Lipinski definition) is 1.